The maximum absolute atomic E-state index is 12.7. The molecular formula is C15H20N2O3. The van der Waals surface area contributed by atoms with Crippen molar-refractivity contribution in [1.29, 1.82) is 0 Å². The Morgan fingerprint density at radius 2 is 2.05 bits per heavy atom. The van der Waals surface area contributed by atoms with Crippen molar-refractivity contribution in [3.05, 3.63) is 24.0 Å². The van der Waals surface area contributed by atoms with Crippen LogP contribution in [0.1, 0.15) is 49.1 Å². The van der Waals surface area contributed by atoms with Gasteiger partial charge in [0.15, 0.2) is 0 Å². The van der Waals surface area contributed by atoms with Gasteiger partial charge in [-0.05, 0) is 44.7 Å². The number of carboxylic acids is 1. The maximum Gasteiger partial charge on any atom is 0.306 e. The number of carbonyl (C=O) groups is 2. The molecule has 3 rings (SSSR count). The summed E-state index contributed by atoms with van der Waals surface area (Å²) in [5.41, 5.74) is 0.744. The van der Waals surface area contributed by atoms with Crippen molar-refractivity contribution in [2.75, 3.05) is 6.54 Å². The third-order valence-corrected chi connectivity index (χ3v) is 4.42. The van der Waals surface area contributed by atoms with E-state index in [1.54, 1.807) is 0 Å². The van der Waals surface area contributed by atoms with E-state index in [2.05, 4.69) is 4.57 Å². The third kappa shape index (κ3) is 2.32. The molecule has 108 valence electrons. The summed E-state index contributed by atoms with van der Waals surface area (Å²) >= 11 is 0. The summed E-state index contributed by atoms with van der Waals surface area (Å²) in [6.45, 7) is 2.48. The molecule has 0 spiro atoms. The lowest BCUT2D eigenvalue weighted by Gasteiger charge is -2.36. The van der Waals surface area contributed by atoms with E-state index in [-0.39, 0.29) is 17.9 Å². The summed E-state index contributed by atoms with van der Waals surface area (Å²) in [5, 5.41) is 9.08. The predicted molar refractivity (Wildman–Crippen MR) is 73.6 cm³/mol. The second kappa shape index (κ2) is 4.96. The van der Waals surface area contributed by atoms with Gasteiger partial charge in [0.05, 0.1) is 5.92 Å². The van der Waals surface area contributed by atoms with Gasteiger partial charge < -0.3 is 14.6 Å². The smallest absolute Gasteiger partial charge is 0.306 e. The monoisotopic (exact) mass is 276 g/mol. The van der Waals surface area contributed by atoms with Crippen molar-refractivity contribution in [2.45, 2.75) is 44.7 Å². The second-order valence-electron chi connectivity index (χ2n) is 5.94. The number of carboxylic acid groups (broad SMARTS) is 1. The minimum atomic E-state index is -0.745. The molecule has 0 bridgehead atoms. The number of aromatic nitrogens is 1. The van der Waals surface area contributed by atoms with Gasteiger partial charge in [-0.3, -0.25) is 9.59 Å². The molecule has 2 heterocycles. The number of amides is 1. The van der Waals surface area contributed by atoms with Crippen LogP contribution in [-0.2, 0) is 4.79 Å². The van der Waals surface area contributed by atoms with Gasteiger partial charge in [0.1, 0.15) is 5.69 Å². The first-order valence-corrected chi connectivity index (χ1v) is 7.28. The first-order chi connectivity index (χ1) is 9.58. The standard InChI is InChI=1S/C15H20N2O3/c1-10-9-11(15(19)20)6-8-16(10)14(18)13-3-2-7-17(13)12-4-5-12/h2-3,7,10-12H,4-6,8-9H2,1H3,(H,19,20). The second-order valence-corrected chi connectivity index (χ2v) is 5.94. The van der Waals surface area contributed by atoms with Gasteiger partial charge in [0.2, 0.25) is 0 Å². The highest BCUT2D eigenvalue weighted by molar-refractivity contribution is 5.93. The minimum absolute atomic E-state index is 0.0140. The van der Waals surface area contributed by atoms with Crippen molar-refractivity contribution in [3.63, 3.8) is 0 Å². The van der Waals surface area contributed by atoms with Gasteiger partial charge in [0.25, 0.3) is 5.91 Å². The van der Waals surface area contributed by atoms with Crippen LogP contribution in [0.5, 0.6) is 0 Å². The molecule has 1 saturated carbocycles. The molecule has 2 fully saturated rings. The van der Waals surface area contributed by atoms with Gasteiger partial charge in [-0.1, -0.05) is 0 Å². The zero-order valence-electron chi connectivity index (χ0n) is 11.7. The molecular weight excluding hydrogens is 256 g/mol. The van der Waals surface area contributed by atoms with Crippen molar-refractivity contribution >= 4 is 11.9 Å². The molecule has 2 unspecified atom stereocenters. The molecule has 1 N–H and O–H groups in total. The quantitative estimate of drug-likeness (QED) is 0.920. The topological polar surface area (TPSA) is 62.5 Å². The number of likely N-dealkylation sites (tertiary alicyclic amines) is 1. The number of aliphatic carboxylic acids is 1. The molecule has 2 atom stereocenters. The highest BCUT2D eigenvalue weighted by Gasteiger charge is 2.34. The van der Waals surface area contributed by atoms with Crippen molar-refractivity contribution in [1.82, 2.24) is 9.47 Å². The van der Waals surface area contributed by atoms with Gasteiger partial charge >= 0.3 is 5.97 Å². The fourth-order valence-electron chi connectivity index (χ4n) is 3.09. The fraction of sp³-hybridized carbons (Fsp3) is 0.600. The summed E-state index contributed by atoms with van der Waals surface area (Å²) in [6.07, 6.45) is 5.36. The molecule has 0 radical (unpaired) electrons. The number of hydrogen-bond donors (Lipinski definition) is 1. The van der Waals surface area contributed by atoms with E-state index in [0.29, 0.717) is 25.4 Å². The zero-order valence-corrected chi connectivity index (χ0v) is 11.7. The Kier molecular flexibility index (Phi) is 3.28. The van der Waals surface area contributed by atoms with E-state index < -0.39 is 5.97 Å². The normalized spacial score (nSPS) is 26.6. The van der Waals surface area contributed by atoms with Crippen molar-refractivity contribution < 1.29 is 14.7 Å². The van der Waals surface area contributed by atoms with Gasteiger partial charge in [-0.15, -0.1) is 0 Å². The minimum Gasteiger partial charge on any atom is -0.481 e. The van der Waals surface area contributed by atoms with E-state index in [1.807, 2.05) is 30.2 Å². The number of hydrogen-bond acceptors (Lipinski definition) is 2. The SMILES string of the molecule is CC1CC(C(=O)O)CCN1C(=O)c1cccn1C1CC1. The first kappa shape index (κ1) is 13.2. The number of nitrogens with zero attached hydrogens (tertiary/aromatic N) is 2. The molecule has 20 heavy (non-hydrogen) atoms. The molecule has 1 aliphatic heterocycles. The highest BCUT2D eigenvalue weighted by Crippen LogP contribution is 2.36. The van der Waals surface area contributed by atoms with E-state index in [4.69, 9.17) is 5.11 Å². The molecule has 5 heteroatoms. The van der Waals surface area contributed by atoms with Gasteiger partial charge in [-0.2, -0.15) is 0 Å². The van der Waals surface area contributed by atoms with Crippen LogP contribution >= 0.6 is 0 Å². The van der Waals surface area contributed by atoms with Gasteiger partial charge in [0, 0.05) is 24.8 Å². The van der Waals surface area contributed by atoms with Crippen LogP contribution in [0.4, 0.5) is 0 Å². The van der Waals surface area contributed by atoms with Crippen LogP contribution < -0.4 is 0 Å². The van der Waals surface area contributed by atoms with Crippen LogP contribution in [-0.4, -0.2) is 39.0 Å². The molecule has 1 saturated heterocycles. The van der Waals surface area contributed by atoms with Crippen LogP contribution in [0.2, 0.25) is 0 Å². The number of rotatable bonds is 3. The first-order valence-electron chi connectivity index (χ1n) is 7.28. The average molecular weight is 276 g/mol. The lowest BCUT2D eigenvalue weighted by atomic mass is 9.91. The molecule has 1 aromatic heterocycles. The van der Waals surface area contributed by atoms with Gasteiger partial charge in [-0.25, -0.2) is 0 Å². The summed E-state index contributed by atoms with van der Waals surface area (Å²) < 4.78 is 2.07. The number of piperidine rings is 1. The van der Waals surface area contributed by atoms with Crippen LogP contribution in [0.3, 0.4) is 0 Å². The molecule has 5 nitrogen and oxygen atoms in total. The van der Waals surface area contributed by atoms with Crippen LogP contribution in [0.25, 0.3) is 0 Å². The van der Waals surface area contributed by atoms with E-state index in [0.717, 1.165) is 18.5 Å². The number of carbonyl (C=O) groups excluding carboxylic acids is 1. The summed E-state index contributed by atoms with van der Waals surface area (Å²) in [7, 11) is 0. The Morgan fingerprint density at radius 3 is 2.65 bits per heavy atom. The lowest BCUT2D eigenvalue weighted by Crippen LogP contribution is -2.46. The Labute approximate surface area is 118 Å². The predicted octanol–water partition coefficient (Wildman–Crippen LogP) is 2.15. The lowest BCUT2D eigenvalue weighted by molar-refractivity contribution is -0.143. The maximum atomic E-state index is 12.7. The largest absolute Gasteiger partial charge is 0.481 e. The van der Waals surface area contributed by atoms with E-state index >= 15 is 0 Å². The van der Waals surface area contributed by atoms with Crippen molar-refractivity contribution in [2.24, 2.45) is 5.92 Å². The molecule has 0 aromatic carbocycles. The molecule has 1 aliphatic carbocycles. The van der Waals surface area contributed by atoms with Crippen LogP contribution in [0, 0.1) is 5.92 Å². The Bertz CT molecular complexity index is 533. The Morgan fingerprint density at radius 1 is 1.30 bits per heavy atom. The van der Waals surface area contributed by atoms with E-state index in [1.165, 1.54) is 0 Å². The summed E-state index contributed by atoms with van der Waals surface area (Å²) in [5.74, 6) is -1.02. The van der Waals surface area contributed by atoms with Crippen molar-refractivity contribution in [3.8, 4) is 0 Å². The summed E-state index contributed by atoms with van der Waals surface area (Å²) in [4.78, 5) is 25.5. The average Bonchev–Trinajstić information content (AvgIpc) is 3.15. The molecule has 1 aromatic rings. The fourth-order valence-corrected chi connectivity index (χ4v) is 3.09. The Hall–Kier alpha value is -1.78. The molecule has 2 aliphatic rings. The molecule has 1 amide bonds. The Balaban J connectivity index is 1.74. The highest BCUT2D eigenvalue weighted by atomic mass is 16.4. The third-order valence-electron chi connectivity index (χ3n) is 4.42. The van der Waals surface area contributed by atoms with Crippen LogP contribution in [0.15, 0.2) is 18.3 Å². The van der Waals surface area contributed by atoms with E-state index in [9.17, 15) is 9.59 Å². The summed E-state index contributed by atoms with van der Waals surface area (Å²) in [6, 6.07) is 4.26. The zero-order chi connectivity index (χ0) is 14.3.